The van der Waals surface area contributed by atoms with Gasteiger partial charge in [0, 0.05) is 12.2 Å². The largest absolute Gasteiger partial charge is 0.323 e. The van der Waals surface area contributed by atoms with E-state index in [2.05, 4.69) is 21.1 Å². The molecule has 0 radical (unpaired) electrons. The lowest BCUT2D eigenvalue weighted by atomic mass is 10.2. The number of aromatic nitrogens is 2. The lowest BCUT2D eigenvalue weighted by Crippen LogP contribution is -2.02. The summed E-state index contributed by atoms with van der Waals surface area (Å²) in [6.07, 6.45) is 4.48. The Bertz CT molecular complexity index is 630. The minimum absolute atomic E-state index is 0.561. The lowest BCUT2D eigenvalue weighted by molar-refractivity contribution is 0.750. The topological polar surface area (TPSA) is 29.9 Å². The number of rotatable bonds is 3. The van der Waals surface area contributed by atoms with Crippen LogP contribution in [0.2, 0.25) is 10.0 Å². The molecule has 5 heteroatoms. The highest BCUT2D eigenvalue weighted by Gasteiger charge is 2.26. The Labute approximate surface area is 122 Å². The van der Waals surface area contributed by atoms with Crippen LogP contribution in [-0.2, 0) is 0 Å². The van der Waals surface area contributed by atoms with E-state index < -0.39 is 0 Å². The molecule has 0 amide bonds. The van der Waals surface area contributed by atoms with Crippen LogP contribution >= 0.6 is 23.2 Å². The average Bonchev–Trinajstić information content (AvgIpc) is 3.14. The van der Waals surface area contributed by atoms with Crippen LogP contribution in [0.3, 0.4) is 0 Å². The van der Waals surface area contributed by atoms with Crippen molar-refractivity contribution in [2.45, 2.75) is 32.7 Å². The number of nitrogens with one attached hydrogen (secondary N) is 1. The Kier molecular flexibility index (Phi) is 3.19. The standard InChI is InChI=1S/C14H15Cl2N3/c1-8-3-6-11(15)13(12(8)16)18-14-17-9(2)7-19(14)10-4-5-10/h3,6-7,10H,4-5H2,1-2H3,(H,17,18). The summed E-state index contributed by atoms with van der Waals surface area (Å²) in [5.74, 6) is 0.814. The number of benzene rings is 1. The van der Waals surface area contributed by atoms with E-state index in [4.69, 9.17) is 23.2 Å². The van der Waals surface area contributed by atoms with Crippen molar-refractivity contribution in [3.63, 3.8) is 0 Å². The number of hydrogen-bond acceptors (Lipinski definition) is 2. The SMILES string of the molecule is Cc1cn(C2CC2)c(Nc2c(Cl)ccc(C)c2Cl)n1. The summed E-state index contributed by atoms with van der Waals surface area (Å²) in [4.78, 5) is 4.51. The fourth-order valence-electron chi connectivity index (χ4n) is 2.12. The highest BCUT2D eigenvalue weighted by atomic mass is 35.5. The second-order valence-electron chi connectivity index (χ2n) is 5.02. The summed E-state index contributed by atoms with van der Waals surface area (Å²) in [6, 6.07) is 4.32. The third-order valence-corrected chi connectivity index (χ3v) is 4.12. The van der Waals surface area contributed by atoms with Gasteiger partial charge >= 0.3 is 0 Å². The van der Waals surface area contributed by atoms with Gasteiger partial charge in [-0.05, 0) is 38.3 Å². The van der Waals surface area contributed by atoms with Crippen molar-refractivity contribution in [2.24, 2.45) is 0 Å². The molecule has 1 aliphatic carbocycles. The zero-order chi connectivity index (χ0) is 13.6. The highest BCUT2D eigenvalue weighted by molar-refractivity contribution is 6.39. The van der Waals surface area contributed by atoms with Crippen LogP contribution < -0.4 is 5.32 Å². The molecule has 1 N–H and O–H groups in total. The van der Waals surface area contributed by atoms with E-state index >= 15 is 0 Å². The molecule has 1 heterocycles. The van der Waals surface area contributed by atoms with Crippen LogP contribution in [0.25, 0.3) is 0 Å². The van der Waals surface area contributed by atoms with Gasteiger partial charge in [-0.3, -0.25) is 0 Å². The number of hydrogen-bond donors (Lipinski definition) is 1. The zero-order valence-electron chi connectivity index (χ0n) is 10.9. The van der Waals surface area contributed by atoms with Gasteiger partial charge in [0.05, 0.1) is 21.4 Å². The highest BCUT2D eigenvalue weighted by Crippen LogP contribution is 2.40. The minimum Gasteiger partial charge on any atom is -0.323 e. The minimum atomic E-state index is 0.561. The van der Waals surface area contributed by atoms with Crippen molar-refractivity contribution >= 4 is 34.8 Å². The summed E-state index contributed by atoms with van der Waals surface area (Å²) in [7, 11) is 0. The Hall–Kier alpha value is -1.19. The van der Waals surface area contributed by atoms with E-state index in [1.807, 2.05) is 26.0 Å². The molecule has 1 saturated carbocycles. The normalized spacial score (nSPS) is 14.7. The van der Waals surface area contributed by atoms with E-state index in [1.54, 1.807) is 0 Å². The summed E-state index contributed by atoms with van der Waals surface area (Å²) in [5, 5.41) is 4.54. The van der Waals surface area contributed by atoms with Gasteiger partial charge in [0.25, 0.3) is 0 Å². The molecule has 0 saturated heterocycles. The van der Waals surface area contributed by atoms with Crippen molar-refractivity contribution in [3.05, 3.63) is 39.6 Å². The molecular weight excluding hydrogens is 281 g/mol. The van der Waals surface area contributed by atoms with Crippen LogP contribution in [0.1, 0.15) is 30.1 Å². The quantitative estimate of drug-likeness (QED) is 0.874. The number of anilines is 2. The first-order chi connectivity index (χ1) is 9.06. The molecule has 1 aromatic carbocycles. The Balaban J connectivity index is 1.99. The molecule has 0 atom stereocenters. The molecule has 2 aromatic rings. The average molecular weight is 296 g/mol. The molecule has 3 nitrogen and oxygen atoms in total. The number of imidazole rings is 1. The van der Waals surface area contributed by atoms with Crippen molar-refractivity contribution in [1.29, 1.82) is 0 Å². The van der Waals surface area contributed by atoms with Crippen LogP contribution in [0.4, 0.5) is 11.6 Å². The van der Waals surface area contributed by atoms with E-state index in [0.717, 1.165) is 22.9 Å². The van der Waals surface area contributed by atoms with E-state index in [-0.39, 0.29) is 0 Å². The Morgan fingerprint density at radius 1 is 1.26 bits per heavy atom. The van der Waals surface area contributed by atoms with Crippen molar-refractivity contribution in [2.75, 3.05) is 5.32 Å². The van der Waals surface area contributed by atoms with E-state index in [0.29, 0.717) is 16.1 Å². The maximum absolute atomic E-state index is 6.32. The fourth-order valence-corrected chi connectivity index (χ4v) is 2.59. The van der Waals surface area contributed by atoms with Crippen LogP contribution in [0, 0.1) is 13.8 Å². The maximum atomic E-state index is 6.32. The van der Waals surface area contributed by atoms with Crippen molar-refractivity contribution in [1.82, 2.24) is 9.55 Å². The van der Waals surface area contributed by atoms with Gasteiger partial charge in [-0.2, -0.15) is 0 Å². The molecule has 3 rings (SSSR count). The molecule has 19 heavy (non-hydrogen) atoms. The second kappa shape index (κ2) is 4.73. The van der Waals surface area contributed by atoms with Crippen LogP contribution in [-0.4, -0.2) is 9.55 Å². The smallest absolute Gasteiger partial charge is 0.207 e. The van der Waals surface area contributed by atoms with E-state index in [1.165, 1.54) is 12.8 Å². The molecule has 0 unspecified atom stereocenters. The zero-order valence-corrected chi connectivity index (χ0v) is 12.4. The van der Waals surface area contributed by atoms with Gasteiger partial charge in [0.2, 0.25) is 5.95 Å². The molecule has 0 aliphatic heterocycles. The molecule has 1 aromatic heterocycles. The maximum Gasteiger partial charge on any atom is 0.207 e. The summed E-state index contributed by atoms with van der Waals surface area (Å²) >= 11 is 12.5. The lowest BCUT2D eigenvalue weighted by Gasteiger charge is -2.13. The number of aryl methyl sites for hydroxylation is 2. The molecular formula is C14H15Cl2N3. The van der Waals surface area contributed by atoms with Crippen molar-refractivity contribution < 1.29 is 0 Å². The van der Waals surface area contributed by atoms with E-state index in [9.17, 15) is 0 Å². The number of nitrogens with zero attached hydrogens (tertiary/aromatic N) is 2. The van der Waals surface area contributed by atoms with Gasteiger partial charge in [-0.1, -0.05) is 29.3 Å². The molecule has 1 fully saturated rings. The second-order valence-corrected chi connectivity index (χ2v) is 5.81. The van der Waals surface area contributed by atoms with Crippen molar-refractivity contribution in [3.8, 4) is 0 Å². The van der Waals surface area contributed by atoms with Gasteiger partial charge in [-0.15, -0.1) is 0 Å². The monoisotopic (exact) mass is 295 g/mol. The van der Waals surface area contributed by atoms with Gasteiger partial charge < -0.3 is 9.88 Å². The van der Waals surface area contributed by atoms with Gasteiger partial charge in [0.1, 0.15) is 0 Å². The number of halogens is 2. The Morgan fingerprint density at radius 3 is 2.68 bits per heavy atom. The molecule has 1 aliphatic rings. The predicted octanol–water partition coefficient (Wildman–Crippen LogP) is 4.89. The first-order valence-electron chi connectivity index (χ1n) is 6.33. The molecule has 0 bridgehead atoms. The first-order valence-corrected chi connectivity index (χ1v) is 7.09. The summed E-state index contributed by atoms with van der Waals surface area (Å²) in [5.41, 5.74) is 2.72. The first kappa shape index (κ1) is 12.8. The molecule has 0 spiro atoms. The third kappa shape index (κ3) is 2.45. The van der Waals surface area contributed by atoms with Gasteiger partial charge in [-0.25, -0.2) is 4.98 Å². The predicted molar refractivity (Wildman–Crippen MR) is 79.7 cm³/mol. The Morgan fingerprint density at radius 2 is 2.00 bits per heavy atom. The molecule has 100 valence electrons. The van der Waals surface area contributed by atoms with Crippen LogP contribution in [0.5, 0.6) is 0 Å². The summed E-state index contributed by atoms with van der Waals surface area (Å²) in [6.45, 7) is 3.95. The summed E-state index contributed by atoms with van der Waals surface area (Å²) < 4.78 is 2.17. The fraction of sp³-hybridized carbons (Fsp3) is 0.357. The van der Waals surface area contributed by atoms with Crippen LogP contribution in [0.15, 0.2) is 18.3 Å². The third-order valence-electron chi connectivity index (χ3n) is 3.31. The van der Waals surface area contributed by atoms with Gasteiger partial charge in [0.15, 0.2) is 0 Å².